The van der Waals surface area contributed by atoms with Gasteiger partial charge in [0.2, 0.25) is 0 Å². The number of hydrogen-bond acceptors (Lipinski definition) is 3. The summed E-state index contributed by atoms with van der Waals surface area (Å²) in [6.45, 7) is 5.55. The molecular formula is C18H22N2S. The predicted octanol–water partition coefficient (Wildman–Crippen LogP) is 4.63. The predicted molar refractivity (Wildman–Crippen MR) is 91.8 cm³/mol. The van der Waals surface area contributed by atoms with Crippen molar-refractivity contribution in [2.45, 2.75) is 29.2 Å². The van der Waals surface area contributed by atoms with Gasteiger partial charge in [0.15, 0.2) is 0 Å². The molecule has 0 spiro atoms. The van der Waals surface area contributed by atoms with Crippen molar-refractivity contribution in [1.82, 2.24) is 4.90 Å². The van der Waals surface area contributed by atoms with Crippen LogP contribution in [0, 0.1) is 0 Å². The molecule has 0 radical (unpaired) electrons. The lowest BCUT2D eigenvalue weighted by atomic mass is 10.0. The van der Waals surface area contributed by atoms with E-state index in [1.165, 1.54) is 21.2 Å². The van der Waals surface area contributed by atoms with E-state index >= 15 is 0 Å². The molecule has 0 amide bonds. The number of hydrogen-bond donors (Lipinski definition) is 0. The standard InChI is InChI=1S/C18H22N2S/c1-18(2,19(3)4)13-20-14-9-5-7-11-16(14)21-17-12-8-6-10-15(17)20/h5-12H,13H2,1-4H3. The molecule has 1 aliphatic heterocycles. The third kappa shape index (κ3) is 2.68. The Hall–Kier alpha value is -1.45. The van der Waals surface area contributed by atoms with E-state index in [1.54, 1.807) is 0 Å². The second kappa shape index (κ2) is 5.39. The van der Waals surface area contributed by atoms with Gasteiger partial charge < -0.3 is 9.80 Å². The molecule has 3 heteroatoms. The summed E-state index contributed by atoms with van der Waals surface area (Å²) < 4.78 is 0. The molecule has 0 unspecified atom stereocenters. The van der Waals surface area contributed by atoms with Gasteiger partial charge in [-0.15, -0.1) is 0 Å². The Morgan fingerprint density at radius 1 is 0.905 bits per heavy atom. The highest BCUT2D eigenvalue weighted by molar-refractivity contribution is 7.99. The Balaban J connectivity index is 2.07. The molecule has 0 saturated heterocycles. The summed E-state index contributed by atoms with van der Waals surface area (Å²) >= 11 is 1.87. The molecular weight excluding hydrogens is 276 g/mol. The van der Waals surface area contributed by atoms with Gasteiger partial charge in [-0.3, -0.25) is 0 Å². The Kier molecular flexibility index (Phi) is 3.72. The molecule has 3 rings (SSSR count). The van der Waals surface area contributed by atoms with E-state index in [9.17, 15) is 0 Å². The fourth-order valence-corrected chi connectivity index (χ4v) is 3.58. The van der Waals surface area contributed by atoms with E-state index in [-0.39, 0.29) is 5.54 Å². The summed E-state index contributed by atoms with van der Waals surface area (Å²) in [5.74, 6) is 0. The minimum Gasteiger partial charge on any atom is -0.338 e. The molecule has 1 heterocycles. The first kappa shape index (κ1) is 14.5. The summed E-state index contributed by atoms with van der Waals surface area (Å²) in [6, 6.07) is 17.4. The van der Waals surface area contributed by atoms with E-state index in [0.717, 1.165) is 6.54 Å². The summed E-state index contributed by atoms with van der Waals surface area (Å²) in [7, 11) is 4.30. The van der Waals surface area contributed by atoms with Crippen molar-refractivity contribution in [3.8, 4) is 0 Å². The van der Waals surface area contributed by atoms with Gasteiger partial charge in [-0.2, -0.15) is 0 Å². The van der Waals surface area contributed by atoms with Gasteiger partial charge in [0.05, 0.1) is 11.4 Å². The second-order valence-corrected chi connectivity index (χ2v) is 7.41. The highest BCUT2D eigenvalue weighted by Crippen LogP contribution is 2.48. The van der Waals surface area contributed by atoms with Crippen molar-refractivity contribution in [3.63, 3.8) is 0 Å². The van der Waals surface area contributed by atoms with E-state index in [1.807, 2.05) is 11.8 Å². The van der Waals surface area contributed by atoms with Crippen molar-refractivity contribution in [2.24, 2.45) is 0 Å². The van der Waals surface area contributed by atoms with Gasteiger partial charge in [-0.05, 0) is 52.2 Å². The minimum atomic E-state index is 0.0994. The highest BCUT2D eigenvalue weighted by Gasteiger charge is 2.29. The van der Waals surface area contributed by atoms with Crippen LogP contribution in [0.3, 0.4) is 0 Å². The van der Waals surface area contributed by atoms with Crippen LogP contribution in [0.15, 0.2) is 58.3 Å². The zero-order chi connectivity index (χ0) is 15.0. The zero-order valence-corrected chi connectivity index (χ0v) is 13.9. The lowest BCUT2D eigenvalue weighted by Crippen LogP contribution is -2.47. The average molecular weight is 298 g/mol. The first-order valence-corrected chi connectivity index (χ1v) is 8.11. The van der Waals surface area contributed by atoms with Crippen LogP contribution in [0.4, 0.5) is 11.4 Å². The Labute approximate surface area is 131 Å². The van der Waals surface area contributed by atoms with Crippen molar-refractivity contribution < 1.29 is 0 Å². The van der Waals surface area contributed by atoms with Gasteiger partial charge in [0.25, 0.3) is 0 Å². The summed E-state index contributed by atoms with van der Waals surface area (Å²) in [5, 5.41) is 0. The SMILES string of the molecule is CN(C)C(C)(C)CN1c2ccccc2Sc2ccccc21. The normalized spacial score (nSPS) is 14.0. The summed E-state index contributed by atoms with van der Waals surface area (Å²) in [5.41, 5.74) is 2.73. The maximum atomic E-state index is 2.46. The van der Waals surface area contributed by atoms with E-state index in [4.69, 9.17) is 0 Å². The second-order valence-electron chi connectivity index (χ2n) is 6.33. The Morgan fingerprint density at radius 2 is 1.38 bits per heavy atom. The quantitative estimate of drug-likeness (QED) is 0.816. The number of para-hydroxylation sites is 2. The molecule has 0 N–H and O–H groups in total. The molecule has 0 atom stereocenters. The number of benzene rings is 2. The van der Waals surface area contributed by atoms with Gasteiger partial charge in [-0.25, -0.2) is 0 Å². The van der Waals surface area contributed by atoms with Crippen molar-refractivity contribution >= 4 is 23.1 Å². The monoisotopic (exact) mass is 298 g/mol. The maximum absolute atomic E-state index is 2.46. The lowest BCUT2D eigenvalue weighted by molar-refractivity contribution is 0.203. The third-order valence-corrected chi connectivity index (χ3v) is 5.42. The molecule has 0 aliphatic carbocycles. The minimum absolute atomic E-state index is 0.0994. The smallest absolute Gasteiger partial charge is 0.0553 e. The van der Waals surface area contributed by atoms with Crippen LogP contribution in [0.25, 0.3) is 0 Å². The largest absolute Gasteiger partial charge is 0.338 e. The number of anilines is 2. The molecule has 2 aromatic rings. The van der Waals surface area contributed by atoms with Crippen LogP contribution in [-0.2, 0) is 0 Å². The van der Waals surface area contributed by atoms with Crippen molar-refractivity contribution in [1.29, 1.82) is 0 Å². The third-order valence-electron chi connectivity index (χ3n) is 4.29. The summed E-state index contributed by atoms with van der Waals surface area (Å²) in [4.78, 5) is 7.43. The Morgan fingerprint density at radius 3 is 1.86 bits per heavy atom. The molecule has 1 aliphatic rings. The van der Waals surface area contributed by atoms with E-state index in [2.05, 4.69) is 86.3 Å². The van der Waals surface area contributed by atoms with Crippen molar-refractivity contribution in [3.05, 3.63) is 48.5 Å². The number of rotatable bonds is 3. The zero-order valence-electron chi connectivity index (χ0n) is 13.1. The first-order chi connectivity index (χ1) is 9.99. The van der Waals surface area contributed by atoms with Crippen molar-refractivity contribution in [2.75, 3.05) is 25.5 Å². The van der Waals surface area contributed by atoms with Crippen LogP contribution in [0.2, 0.25) is 0 Å². The Bertz CT molecular complexity index is 604. The molecule has 2 aromatic carbocycles. The number of fused-ring (bicyclic) bond motifs is 2. The summed E-state index contributed by atoms with van der Waals surface area (Å²) in [6.07, 6.45) is 0. The van der Waals surface area contributed by atoms with Crippen LogP contribution in [0.5, 0.6) is 0 Å². The lowest BCUT2D eigenvalue weighted by Gasteiger charge is -2.41. The van der Waals surface area contributed by atoms with E-state index in [0.29, 0.717) is 0 Å². The highest BCUT2D eigenvalue weighted by atomic mass is 32.2. The van der Waals surface area contributed by atoms with Gasteiger partial charge in [0.1, 0.15) is 0 Å². The fourth-order valence-electron chi connectivity index (χ4n) is 2.48. The number of likely N-dealkylation sites (N-methyl/N-ethyl adjacent to an activating group) is 1. The van der Waals surface area contributed by atoms with Crippen LogP contribution in [0.1, 0.15) is 13.8 Å². The van der Waals surface area contributed by atoms with Gasteiger partial charge >= 0.3 is 0 Å². The molecule has 2 nitrogen and oxygen atoms in total. The molecule has 110 valence electrons. The van der Waals surface area contributed by atoms with Crippen LogP contribution >= 0.6 is 11.8 Å². The van der Waals surface area contributed by atoms with Crippen LogP contribution in [-0.4, -0.2) is 31.1 Å². The first-order valence-electron chi connectivity index (χ1n) is 7.30. The molecule has 0 bridgehead atoms. The van der Waals surface area contributed by atoms with E-state index < -0.39 is 0 Å². The molecule has 0 aromatic heterocycles. The molecule has 0 fully saturated rings. The fraction of sp³-hybridized carbons (Fsp3) is 0.333. The number of nitrogens with zero attached hydrogens (tertiary/aromatic N) is 2. The molecule has 21 heavy (non-hydrogen) atoms. The van der Waals surface area contributed by atoms with Gasteiger partial charge in [0, 0.05) is 21.9 Å². The topological polar surface area (TPSA) is 6.48 Å². The van der Waals surface area contributed by atoms with Gasteiger partial charge in [-0.1, -0.05) is 36.0 Å². The molecule has 0 saturated carbocycles. The maximum Gasteiger partial charge on any atom is 0.0553 e. The average Bonchev–Trinajstić information content (AvgIpc) is 2.46. The van der Waals surface area contributed by atoms with Crippen LogP contribution < -0.4 is 4.90 Å².